The normalized spacial score (nSPS) is 16.6. The first-order chi connectivity index (χ1) is 11.9. The summed E-state index contributed by atoms with van der Waals surface area (Å²) in [6.45, 7) is 16.7. The monoisotopic (exact) mass is 353 g/mol. The fourth-order valence-electron chi connectivity index (χ4n) is 3.24. The van der Waals surface area contributed by atoms with Gasteiger partial charge >= 0.3 is 0 Å². The van der Waals surface area contributed by atoms with Crippen LogP contribution in [0.4, 0.5) is 0 Å². The van der Waals surface area contributed by atoms with Crippen LogP contribution in [0.5, 0.6) is 0 Å². The average Bonchev–Trinajstić information content (AvgIpc) is 2.61. The number of carbonyl (C=O) groups is 1. The van der Waals surface area contributed by atoms with Gasteiger partial charge in [0, 0.05) is 38.1 Å². The quantitative estimate of drug-likeness (QED) is 0.492. The Hall–Kier alpha value is -1.30. The smallest absolute Gasteiger partial charge is 0.224 e. The van der Waals surface area contributed by atoms with E-state index in [1.807, 2.05) is 18.7 Å². The summed E-state index contributed by atoms with van der Waals surface area (Å²) in [6, 6.07) is 0. The maximum absolute atomic E-state index is 12.1. The van der Waals surface area contributed by atoms with Gasteiger partial charge in [0.05, 0.1) is 6.54 Å². The zero-order valence-corrected chi connectivity index (χ0v) is 17.0. The van der Waals surface area contributed by atoms with Crippen molar-refractivity contribution in [1.29, 1.82) is 0 Å². The molecule has 0 unspecified atom stereocenters. The largest absolute Gasteiger partial charge is 0.357 e. The number of nitrogens with zero attached hydrogens (tertiary/aromatic N) is 3. The van der Waals surface area contributed by atoms with E-state index in [4.69, 9.17) is 4.99 Å². The van der Waals surface area contributed by atoms with E-state index in [1.54, 1.807) is 0 Å². The number of carbonyl (C=O) groups excluding carboxylic acids is 1. The van der Waals surface area contributed by atoms with Gasteiger partial charge in [-0.25, -0.2) is 0 Å². The number of piperidine rings is 1. The van der Waals surface area contributed by atoms with Crippen LogP contribution in [-0.2, 0) is 4.79 Å². The number of likely N-dealkylation sites (tertiary alicyclic amines) is 1. The van der Waals surface area contributed by atoms with Gasteiger partial charge in [0.2, 0.25) is 5.91 Å². The first kappa shape index (κ1) is 21.7. The summed E-state index contributed by atoms with van der Waals surface area (Å²) in [5, 5.41) is 6.59. The van der Waals surface area contributed by atoms with Gasteiger partial charge in [0.25, 0.3) is 0 Å². The molecule has 1 aliphatic heterocycles. The summed E-state index contributed by atoms with van der Waals surface area (Å²) in [7, 11) is 0. The molecule has 25 heavy (non-hydrogen) atoms. The maximum Gasteiger partial charge on any atom is 0.224 e. The molecule has 0 spiro atoms. The van der Waals surface area contributed by atoms with Crippen molar-refractivity contribution in [3.05, 3.63) is 0 Å². The molecule has 2 N–H and O–H groups in total. The standard InChI is InChI=1S/C19H39N5O/c1-6-20-18(21-13-12-17(25)23(7-2)8-3)22-16-19(4,5)24-14-10-9-11-15-24/h6-16H2,1-5H3,(H2,20,21,22). The zero-order valence-electron chi connectivity index (χ0n) is 17.0. The fourth-order valence-corrected chi connectivity index (χ4v) is 3.24. The molecular formula is C19H39N5O. The molecule has 1 amide bonds. The molecule has 6 nitrogen and oxygen atoms in total. The maximum atomic E-state index is 12.1. The lowest BCUT2D eigenvalue weighted by atomic mass is 9.99. The van der Waals surface area contributed by atoms with Crippen molar-refractivity contribution in [2.45, 2.75) is 65.8 Å². The Morgan fingerprint density at radius 1 is 1.08 bits per heavy atom. The molecule has 0 aromatic rings. The van der Waals surface area contributed by atoms with Gasteiger partial charge in [-0.15, -0.1) is 0 Å². The van der Waals surface area contributed by atoms with Crippen LogP contribution in [-0.4, -0.2) is 73.0 Å². The van der Waals surface area contributed by atoms with E-state index in [-0.39, 0.29) is 11.4 Å². The van der Waals surface area contributed by atoms with Crippen molar-refractivity contribution in [3.8, 4) is 0 Å². The number of aliphatic imine (C=N–C) groups is 1. The minimum absolute atomic E-state index is 0.0693. The van der Waals surface area contributed by atoms with Gasteiger partial charge in [-0.1, -0.05) is 6.42 Å². The number of guanidine groups is 1. The predicted octanol–water partition coefficient (Wildman–Crippen LogP) is 2.06. The van der Waals surface area contributed by atoms with Crippen molar-refractivity contribution < 1.29 is 4.79 Å². The molecule has 1 fully saturated rings. The summed E-state index contributed by atoms with van der Waals surface area (Å²) in [6.07, 6.45) is 4.43. The molecule has 0 aliphatic carbocycles. The molecule has 0 radical (unpaired) electrons. The molecule has 1 saturated heterocycles. The number of amides is 1. The molecular weight excluding hydrogens is 314 g/mol. The van der Waals surface area contributed by atoms with Gasteiger partial charge in [-0.05, 0) is 60.5 Å². The van der Waals surface area contributed by atoms with E-state index in [1.165, 1.54) is 32.4 Å². The van der Waals surface area contributed by atoms with Gasteiger partial charge in [0.15, 0.2) is 5.96 Å². The fraction of sp³-hybridized carbons (Fsp3) is 0.895. The van der Waals surface area contributed by atoms with Crippen LogP contribution in [0.1, 0.15) is 60.3 Å². The topological polar surface area (TPSA) is 60.0 Å². The van der Waals surface area contributed by atoms with E-state index in [2.05, 4.69) is 36.3 Å². The number of nitrogens with one attached hydrogen (secondary N) is 2. The lowest BCUT2D eigenvalue weighted by molar-refractivity contribution is -0.130. The highest BCUT2D eigenvalue weighted by atomic mass is 16.2. The summed E-state index contributed by atoms with van der Waals surface area (Å²) in [5.74, 6) is 1.00. The second-order valence-electron chi connectivity index (χ2n) is 7.30. The van der Waals surface area contributed by atoms with Crippen LogP contribution in [0.15, 0.2) is 4.99 Å². The molecule has 1 aliphatic rings. The Labute approximate surface area is 154 Å². The Bertz CT molecular complexity index is 412. The van der Waals surface area contributed by atoms with E-state index in [9.17, 15) is 4.79 Å². The third kappa shape index (κ3) is 7.63. The summed E-state index contributed by atoms with van der Waals surface area (Å²) in [5.41, 5.74) is 0.0693. The molecule has 1 rings (SSSR count). The molecule has 0 aromatic carbocycles. The highest BCUT2D eigenvalue weighted by Crippen LogP contribution is 2.20. The molecule has 0 atom stereocenters. The second-order valence-corrected chi connectivity index (χ2v) is 7.30. The zero-order chi connectivity index (χ0) is 18.7. The lowest BCUT2D eigenvalue weighted by Gasteiger charge is -2.40. The molecule has 0 aromatic heterocycles. The summed E-state index contributed by atoms with van der Waals surface area (Å²) >= 11 is 0. The van der Waals surface area contributed by atoms with Crippen LogP contribution in [0.2, 0.25) is 0 Å². The van der Waals surface area contributed by atoms with E-state index in [0.29, 0.717) is 13.0 Å². The summed E-state index contributed by atoms with van der Waals surface area (Å²) in [4.78, 5) is 21.3. The molecule has 0 saturated carbocycles. The molecule has 6 heteroatoms. The van der Waals surface area contributed by atoms with Gasteiger partial charge in [-0.2, -0.15) is 0 Å². The van der Waals surface area contributed by atoms with E-state index >= 15 is 0 Å². The number of hydrogen-bond donors (Lipinski definition) is 2. The lowest BCUT2D eigenvalue weighted by Crippen LogP contribution is -2.49. The van der Waals surface area contributed by atoms with Crippen LogP contribution in [0.25, 0.3) is 0 Å². The minimum atomic E-state index is 0.0693. The van der Waals surface area contributed by atoms with Crippen LogP contribution in [0.3, 0.4) is 0 Å². The highest BCUT2D eigenvalue weighted by molar-refractivity contribution is 5.81. The summed E-state index contributed by atoms with van der Waals surface area (Å²) < 4.78 is 0. The Morgan fingerprint density at radius 2 is 1.72 bits per heavy atom. The Balaban J connectivity index is 2.51. The Morgan fingerprint density at radius 3 is 2.28 bits per heavy atom. The average molecular weight is 354 g/mol. The van der Waals surface area contributed by atoms with Crippen molar-refractivity contribution in [3.63, 3.8) is 0 Å². The van der Waals surface area contributed by atoms with Crippen molar-refractivity contribution in [2.75, 3.05) is 45.8 Å². The van der Waals surface area contributed by atoms with E-state index < -0.39 is 0 Å². The number of rotatable bonds is 9. The number of hydrogen-bond acceptors (Lipinski definition) is 3. The third-order valence-corrected chi connectivity index (χ3v) is 4.93. The Kier molecular flexibility index (Phi) is 9.86. The molecule has 1 heterocycles. The molecule has 0 bridgehead atoms. The van der Waals surface area contributed by atoms with Crippen LogP contribution < -0.4 is 10.6 Å². The van der Waals surface area contributed by atoms with Gasteiger partial charge in [-0.3, -0.25) is 14.7 Å². The van der Waals surface area contributed by atoms with Gasteiger partial charge in [0.1, 0.15) is 0 Å². The van der Waals surface area contributed by atoms with Crippen molar-refractivity contribution in [2.24, 2.45) is 4.99 Å². The minimum Gasteiger partial charge on any atom is -0.357 e. The van der Waals surface area contributed by atoms with Crippen molar-refractivity contribution in [1.82, 2.24) is 20.4 Å². The first-order valence-corrected chi connectivity index (χ1v) is 9.99. The highest BCUT2D eigenvalue weighted by Gasteiger charge is 2.27. The van der Waals surface area contributed by atoms with Crippen molar-refractivity contribution >= 4 is 11.9 Å². The van der Waals surface area contributed by atoms with E-state index in [0.717, 1.165) is 32.1 Å². The second kappa shape index (κ2) is 11.3. The van der Waals surface area contributed by atoms with Crippen LogP contribution >= 0.6 is 0 Å². The SMILES string of the molecule is CCNC(=NCC(C)(C)N1CCCCC1)NCCC(=O)N(CC)CC. The first-order valence-electron chi connectivity index (χ1n) is 9.99. The van der Waals surface area contributed by atoms with Gasteiger partial charge < -0.3 is 15.5 Å². The predicted molar refractivity (Wildman–Crippen MR) is 106 cm³/mol. The molecule has 146 valence electrons. The third-order valence-electron chi connectivity index (χ3n) is 4.93. The van der Waals surface area contributed by atoms with Crippen LogP contribution in [0, 0.1) is 0 Å².